The molecule has 1 aliphatic heterocycles. The topological polar surface area (TPSA) is 40.9 Å². The van der Waals surface area contributed by atoms with Gasteiger partial charge in [0.1, 0.15) is 5.69 Å². The van der Waals surface area contributed by atoms with Gasteiger partial charge in [0.2, 0.25) is 0 Å². The molecular formula is C26H37N4P. The van der Waals surface area contributed by atoms with Crippen LogP contribution in [-0.4, -0.2) is 35.6 Å². The van der Waals surface area contributed by atoms with Gasteiger partial charge in [-0.25, -0.2) is 0 Å². The summed E-state index contributed by atoms with van der Waals surface area (Å²) in [7, 11) is 2.95. The average molecular weight is 437 g/mol. The second-order valence-corrected chi connectivity index (χ2v) is 8.82. The number of unbranched alkanes of at least 4 members (excludes halogenated alkanes) is 1. The second kappa shape index (κ2) is 14.0. The van der Waals surface area contributed by atoms with Crippen molar-refractivity contribution in [2.75, 3.05) is 13.6 Å². The van der Waals surface area contributed by atoms with E-state index in [-0.39, 0.29) is 0 Å². The van der Waals surface area contributed by atoms with Crippen molar-refractivity contribution in [3.05, 3.63) is 65.0 Å². The van der Waals surface area contributed by atoms with Gasteiger partial charge in [0, 0.05) is 24.9 Å². The van der Waals surface area contributed by atoms with Gasteiger partial charge in [0.05, 0.1) is 11.4 Å². The number of hydrogen-bond acceptors (Lipinski definition) is 4. The van der Waals surface area contributed by atoms with Crippen molar-refractivity contribution < 1.29 is 0 Å². The van der Waals surface area contributed by atoms with E-state index in [1.807, 2.05) is 31.4 Å². The molecule has 1 atom stereocenters. The highest BCUT2D eigenvalue weighted by Gasteiger charge is 2.13. The first-order chi connectivity index (χ1) is 15.1. The molecule has 1 aromatic carbocycles. The van der Waals surface area contributed by atoms with Gasteiger partial charge in [-0.3, -0.25) is 15.0 Å². The highest BCUT2D eigenvalue weighted by molar-refractivity contribution is 7.54. The fourth-order valence-electron chi connectivity index (χ4n) is 3.26. The van der Waals surface area contributed by atoms with Crippen LogP contribution >= 0.6 is 8.58 Å². The van der Waals surface area contributed by atoms with Gasteiger partial charge in [-0.2, -0.15) is 0 Å². The van der Waals surface area contributed by atoms with Crippen molar-refractivity contribution in [2.24, 2.45) is 9.98 Å². The molecule has 3 rings (SSSR count). The molecule has 0 amide bonds. The van der Waals surface area contributed by atoms with Crippen LogP contribution in [0.3, 0.4) is 0 Å². The Bertz CT molecular complexity index is 885. The number of nitrogens with zero attached hydrogens (tertiary/aromatic N) is 4. The Balaban J connectivity index is 0.000000233. The number of aromatic nitrogens is 1. The Kier molecular flexibility index (Phi) is 11.3. The number of benzene rings is 1. The SMILES string of the molecule is C/C=C(\N=CCCC)c1nccc2c1N=CPC2.CCCN(C)Cc1ccc(C)cc1. The van der Waals surface area contributed by atoms with E-state index in [0.29, 0.717) is 0 Å². The first-order valence-electron chi connectivity index (χ1n) is 11.3. The quantitative estimate of drug-likeness (QED) is 0.330. The summed E-state index contributed by atoms with van der Waals surface area (Å²) >= 11 is 0. The summed E-state index contributed by atoms with van der Waals surface area (Å²) in [4.78, 5) is 15.8. The van der Waals surface area contributed by atoms with Crippen molar-refractivity contribution in [1.29, 1.82) is 0 Å². The molecule has 0 aliphatic carbocycles. The molecule has 2 aromatic rings. The smallest absolute Gasteiger partial charge is 0.114 e. The van der Waals surface area contributed by atoms with Crippen molar-refractivity contribution in [3.8, 4) is 0 Å². The molecule has 1 aliphatic rings. The van der Waals surface area contributed by atoms with Crippen LogP contribution in [0.25, 0.3) is 5.70 Å². The number of fused-ring (bicyclic) bond motifs is 1. The van der Waals surface area contributed by atoms with Crippen LogP contribution in [0.15, 0.2) is 52.6 Å². The zero-order valence-corrected chi connectivity index (χ0v) is 20.7. The first-order valence-corrected chi connectivity index (χ1v) is 12.5. The molecular weight excluding hydrogens is 399 g/mol. The largest absolute Gasteiger partial charge is 0.302 e. The van der Waals surface area contributed by atoms with E-state index < -0.39 is 0 Å². The van der Waals surface area contributed by atoms with Gasteiger partial charge >= 0.3 is 0 Å². The first kappa shape index (κ1) is 25.1. The predicted molar refractivity (Wildman–Crippen MR) is 139 cm³/mol. The van der Waals surface area contributed by atoms with Crippen molar-refractivity contribution in [2.45, 2.75) is 59.7 Å². The van der Waals surface area contributed by atoms with Gasteiger partial charge in [0.25, 0.3) is 0 Å². The van der Waals surface area contributed by atoms with Gasteiger partial charge in [-0.05, 0) is 63.6 Å². The summed E-state index contributed by atoms with van der Waals surface area (Å²) in [5.74, 6) is 2.00. The monoisotopic (exact) mass is 436 g/mol. The summed E-state index contributed by atoms with van der Waals surface area (Å²) in [6.45, 7) is 10.7. The van der Waals surface area contributed by atoms with Crippen LogP contribution in [0.5, 0.6) is 0 Å². The number of aliphatic imine (C=N–C) groups is 2. The van der Waals surface area contributed by atoms with Crippen LogP contribution in [0.1, 0.15) is 62.4 Å². The zero-order valence-electron chi connectivity index (χ0n) is 19.7. The lowest BCUT2D eigenvalue weighted by molar-refractivity contribution is 0.327. The minimum atomic E-state index is 0.783. The minimum absolute atomic E-state index is 0.783. The maximum atomic E-state index is 4.51. The Morgan fingerprint density at radius 3 is 2.61 bits per heavy atom. The Morgan fingerprint density at radius 2 is 1.94 bits per heavy atom. The molecule has 0 radical (unpaired) electrons. The van der Waals surface area contributed by atoms with E-state index in [2.05, 4.69) is 78.0 Å². The third-order valence-corrected chi connectivity index (χ3v) is 5.82. The number of rotatable bonds is 8. The molecule has 2 heterocycles. The van der Waals surface area contributed by atoms with Gasteiger partial charge in [0.15, 0.2) is 0 Å². The molecule has 0 saturated heterocycles. The number of hydrogen-bond donors (Lipinski definition) is 0. The summed E-state index contributed by atoms with van der Waals surface area (Å²) in [6.07, 6.45) is 10.2. The molecule has 31 heavy (non-hydrogen) atoms. The van der Waals surface area contributed by atoms with Crippen LogP contribution in [0.2, 0.25) is 0 Å². The van der Waals surface area contributed by atoms with Gasteiger partial charge in [-0.15, -0.1) is 0 Å². The minimum Gasteiger partial charge on any atom is -0.302 e. The van der Waals surface area contributed by atoms with E-state index in [1.54, 1.807) is 0 Å². The van der Waals surface area contributed by atoms with Crippen LogP contribution in [0, 0.1) is 6.92 Å². The standard InChI is InChI=1S/C14H18N3P.C12H19N/c1-3-5-7-15-12(4-2)14-13-11(6-8-16-14)9-18-10-17-13;1-4-9-13(3)10-12-7-5-11(2)6-8-12/h4,6-8,10,18H,3,5,9H2,1-2H3;5-8H,4,9-10H2,1-3H3/b12-4-,15-7?;. The van der Waals surface area contributed by atoms with E-state index in [1.165, 1.54) is 29.7 Å². The normalized spacial score (nSPS) is 14.1. The summed E-state index contributed by atoms with van der Waals surface area (Å²) in [5.41, 5.74) is 6.85. The average Bonchev–Trinajstić information content (AvgIpc) is 2.79. The predicted octanol–water partition coefficient (Wildman–Crippen LogP) is 7.00. The molecule has 5 heteroatoms. The van der Waals surface area contributed by atoms with Crippen LogP contribution < -0.4 is 0 Å². The fourth-order valence-corrected chi connectivity index (χ4v) is 4.08. The maximum Gasteiger partial charge on any atom is 0.114 e. The van der Waals surface area contributed by atoms with Gasteiger partial charge < -0.3 is 4.90 Å². The fraction of sp³-hybridized carbons (Fsp3) is 0.423. The summed E-state index contributed by atoms with van der Waals surface area (Å²) in [6, 6.07) is 10.8. The Hall–Kier alpha value is -2.16. The van der Waals surface area contributed by atoms with Crippen LogP contribution in [0.4, 0.5) is 5.69 Å². The molecule has 4 nitrogen and oxygen atoms in total. The Morgan fingerprint density at radius 1 is 1.16 bits per heavy atom. The van der Waals surface area contributed by atoms with Crippen LogP contribution in [-0.2, 0) is 12.7 Å². The molecule has 0 saturated carbocycles. The molecule has 0 fully saturated rings. The molecule has 1 aromatic heterocycles. The third-order valence-electron chi connectivity index (χ3n) is 4.93. The molecule has 0 bridgehead atoms. The molecule has 0 spiro atoms. The van der Waals surface area contributed by atoms with Gasteiger partial charge in [-0.1, -0.05) is 64.8 Å². The zero-order chi connectivity index (χ0) is 22.5. The van der Waals surface area contributed by atoms with E-state index >= 15 is 0 Å². The number of allylic oxidation sites excluding steroid dienone is 1. The van der Waals surface area contributed by atoms with Crippen molar-refractivity contribution in [3.63, 3.8) is 0 Å². The molecule has 0 N–H and O–H groups in total. The number of aryl methyl sites for hydroxylation is 1. The lowest BCUT2D eigenvalue weighted by Crippen LogP contribution is -2.18. The highest BCUT2D eigenvalue weighted by Crippen LogP contribution is 2.35. The summed E-state index contributed by atoms with van der Waals surface area (Å²) in [5, 5.41) is 0. The lowest BCUT2D eigenvalue weighted by Gasteiger charge is -2.15. The third kappa shape index (κ3) is 8.47. The lowest BCUT2D eigenvalue weighted by atomic mass is 10.1. The molecule has 166 valence electrons. The van der Waals surface area contributed by atoms with E-state index in [9.17, 15) is 0 Å². The van der Waals surface area contributed by atoms with Crippen molar-refractivity contribution in [1.82, 2.24) is 9.88 Å². The summed E-state index contributed by atoms with van der Waals surface area (Å²) < 4.78 is 0. The van der Waals surface area contributed by atoms with E-state index in [0.717, 1.165) is 51.2 Å². The number of pyridine rings is 1. The Labute approximate surface area is 190 Å². The van der Waals surface area contributed by atoms with E-state index in [4.69, 9.17) is 0 Å². The molecule has 1 unspecified atom stereocenters. The second-order valence-electron chi connectivity index (χ2n) is 7.80. The highest BCUT2D eigenvalue weighted by atomic mass is 31.1. The van der Waals surface area contributed by atoms with Crippen molar-refractivity contribution >= 4 is 32.1 Å². The maximum absolute atomic E-state index is 4.51.